The van der Waals surface area contributed by atoms with Gasteiger partial charge in [0.15, 0.2) is 9.84 Å². The van der Waals surface area contributed by atoms with Gasteiger partial charge in [0, 0.05) is 24.2 Å². The van der Waals surface area contributed by atoms with Crippen LogP contribution in [0.5, 0.6) is 0 Å². The van der Waals surface area contributed by atoms with Gasteiger partial charge in [-0.1, -0.05) is 18.2 Å². The molecule has 0 radical (unpaired) electrons. The third-order valence-electron chi connectivity index (χ3n) is 4.32. The van der Waals surface area contributed by atoms with Crippen LogP contribution in [0.25, 0.3) is 10.9 Å². The highest BCUT2D eigenvalue weighted by molar-refractivity contribution is 7.91. The van der Waals surface area contributed by atoms with Crippen LogP contribution in [0.15, 0.2) is 35.1 Å². The highest BCUT2D eigenvalue weighted by Crippen LogP contribution is 2.17. The molecule has 7 heteroatoms. The normalized spacial score (nSPS) is 19.8. The van der Waals surface area contributed by atoms with E-state index in [1.54, 1.807) is 19.2 Å². The molecule has 6 nitrogen and oxygen atoms in total. The highest BCUT2D eigenvalue weighted by Gasteiger charge is 2.32. The van der Waals surface area contributed by atoms with E-state index in [0.29, 0.717) is 12.0 Å². The smallest absolute Gasteiger partial charge is 0.252 e. The van der Waals surface area contributed by atoms with Gasteiger partial charge in [0.1, 0.15) is 0 Å². The van der Waals surface area contributed by atoms with E-state index in [2.05, 4.69) is 4.98 Å². The van der Waals surface area contributed by atoms with E-state index in [1.165, 1.54) is 4.90 Å². The molecule has 1 saturated heterocycles. The van der Waals surface area contributed by atoms with Gasteiger partial charge in [-0.2, -0.15) is 0 Å². The number of likely N-dealkylation sites (N-methyl/N-ethyl adjacent to an activating group) is 1. The fourth-order valence-corrected chi connectivity index (χ4v) is 4.67. The minimum Gasteiger partial charge on any atom is -0.341 e. The molecule has 0 bridgehead atoms. The summed E-state index contributed by atoms with van der Waals surface area (Å²) in [7, 11) is -1.45. The molecule has 1 aliphatic rings. The van der Waals surface area contributed by atoms with Crippen LogP contribution in [-0.4, -0.2) is 48.8 Å². The predicted molar refractivity (Wildman–Crippen MR) is 88.1 cm³/mol. The second kappa shape index (κ2) is 5.81. The summed E-state index contributed by atoms with van der Waals surface area (Å²) in [5, 5.41) is 0.862. The van der Waals surface area contributed by atoms with Crippen LogP contribution < -0.4 is 5.56 Å². The van der Waals surface area contributed by atoms with Crippen molar-refractivity contribution in [3.63, 3.8) is 0 Å². The predicted octanol–water partition coefficient (Wildman–Crippen LogP) is 0.716. The number of hydrogen-bond acceptors (Lipinski definition) is 4. The van der Waals surface area contributed by atoms with Crippen LogP contribution in [0, 0.1) is 0 Å². The van der Waals surface area contributed by atoms with Crippen LogP contribution in [0.3, 0.4) is 0 Å². The molecule has 0 saturated carbocycles. The first-order valence-electron chi connectivity index (χ1n) is 7.43. The van der Waals surface area contributed by atoms with Crippen molar-refractivity contribution in [1.82, 2.24) is 9.88 Å². The molecule has 23 heavy (non-hydrogen) atoms. The van der Waals surface area contributed by atoms with E-state index in [4.69, 9.17) is 0 Å². The van der Waals surface area contributed by atoms with Crippen molar-refractivity contribution in [2.24, 2.45) is 0 Å². The van der Waals surface area contributed by atoms with Gasteiger partial charge in [-0.05, 0) is 23.9 Å². The number of hydrogen-bond donors (Lipinski definition) is 1. The fraction of sp³-hybridized carbons (Fsp3) is 0.375. The average molecular weight is 334 g/mol. The molecule has 2 heterocycles. The van der Waals surface area contributed by atoms with E-state index < -0.39 is 9.84 Å². The van der Waals surface area contributed by atoms with E-state index in [0.717, 1.165) is 10.9 Å². The largest absolute Gasteiger partial charge is 0.341 e. The lowest BCUT2D eigenvalue weighted by Crippen LogP contribution is -2.39. The second-order valence-electron chi connectivity index (χ2n) is 5.95. The fourth-order valence-electron chi connectivity index (χ4n) is 2.90. The molecule has 0 aliphatic carbocycles. The van der Waals surface area contributed by atoms with Crippen molar-refractivity contribution in [2.45, 2.75) is 18.9 Å². The van der Waals surface area contributed by atoms with Crippen molar-refractivity contribution in [3.8, 4) is 0 Å². The van der Waals surface area contributed by atoms with E-state index in [-0.39, 0.29) is 35.4 Å². The Labute approximate surface area is 134 Å². The van der Waals surface area contributed by atoms with Crippen molar-refractivity contribution < 1.29 is 13.2 Å². The van der Waals surface area contributed by atoms with Gasteiger partial charge in [-0.15, -0.1) is 0 Å². The Kier molecular flexibility index (Phi) is 3.97. The topological polar surface area (TPSA) is 87.3 Å². The standard InChI is InChI=1S/C16H18N2O4S/c1-18(13-6-7-23(21,22)10-13)15(19)9-12-8-11-4-2-3-5-14(11)17-16(12)20/h2-5,8,13H,6-7,9-10H2,1H3,(H,17,20)/t13-/m0/s1. The van der Waals surface area contributed by atoms with Crippen LogP contribution in [0.2, 0.25) is 0 Å². The number of nitrogens with zero attached hydrogens (tertiary/aromatic N) is 1. The first kappa shape index (κ1) is 15.7. The summed E-state index contributed by atoms with van der Waals surface area (Å²) < 4.78 is 23.1. The maximum Gasteiger partial charge on any atom is 0.252 e. The quantitative estimate of drug-likeness (QED) is 0.896. The molecule has 1 fully saturated rings. The van der Waals surface area contributed by atoms with Crippen molar-refractivity contribution in [2.75, 3.05) is 18.6 Å². The Balaban J connectivity index is 1.80. The third-order valence-corrected chi connectivity index (χ3v) is 6.07. The molecule has 2 aromatic rings. The number of benzene rings is 1. The number of aromatic nitrogens is 1. The number of aromatic amines is 1. The number of carbonyl (C=O) groups excluding carboxylic acids is 1. The lowest BCUT2D eigenvalue weighted by molar-refractivity contribution is -0.130. The molecule has 122 valence electrons. The lowest BCUT2D eigenvalue weighted by atomic mass is 10.1. The Hall–Kier alpha value is -2.15. The minimum atomic E-state index is -3.05. The molecule has 1 atom stereocenters. The summed E-state index contributed by atoms with van der Waals surface area (Å²) in [6.45, 7) is 0. The number of fused-ring (bicyclic) bond motifs is 1. The van der Waals surface area contributed by atoms with Crippen molar-refractivity contribution >= 4 is 26.6 Å². The number of pyridine rings is 1. The van der Waals surface area contributed by atoms with Gasteiger partial charge >= 0.3 is 0 Å². The summed E-state index contributed by atoms with van der Waals surface area (Å²) in [6, 6.07) is 8.78. The maximum atomic E-state index is 12.4. The lowest BCUT2D eigenvalue weighted by Gasteiger charge is -2.23. The number of sulfone groups is 1. The number of rotatable bonds is 3. The van der Waals surface area contributed by atoms with Crippen LogP contribution >= 0.6 is 0 Å². The monoisotopic (exact) mass is 334 g/mol. The summed E-state index contributed by atoms with van der Waals surface area (Å²) in [5.41, 5.74) is 0.829. The molecule has 1 aromatic carbocycles. The zero-order chi connectivity index (χ0) is 16.6. The first-order valence-corrected chi connectivity index (χ1v) is 9.25. The highest BCUT2D eigenvalue weighted by atomic mass is 32.2. The molecule has 1 N–H and O–H groups in total. The Bertz CT molecular complexity index is 917. The van der Waals surface area contributed by atoms with Gasteiger partial charge in [-0.25, -0.2) is 8.42 Å². The molecule has 1 aromatic heterocycles. The zero-order valence-corrected chi connectivity index (χ0v) is 13.6. The maximum absolute atomic E-state index is 12.4. The molecule has 3 rings (SSSR count). The zero-order valence-electron chi connectivity index (χ0n) is 12.8. The Morgan fingerprint density at radius 1 is 1.35 bits per heavy atom. The second-order valence-corrected chi connectivity index (χ2v) is 8.18. The number of amides is 1. The van der Waals surface area contributed by atoms with Gasteiger partial charge in [0.25, 0.3) is 5.56 Å². The van der Waals surface area contributed by atoms with Gasteiger partial charge < -0.3 is 9.88 Å². The molecule has 0 unspecified atom stereocenters. The first-order chi connectivity index (χ1) is 10.9. The molecular weight excluding hydrogens is 316 g/mol. The van der Waals surface area contributed by atoms with Crippen LogP contribution in [-0.2, 0) is 21.1 Å². The van der Waals surface area contributed by atoms with Gasteiger partial charge in [0.05, 0.1) is 17.9 Å². The van der Waals surface area contributed by atoms with E-state index in [9.17, 15) is 18.0 Å². The SMILES string of the molecule is CN(C(=O)Cc1cc2ccccc2[nH]c1=O)[C@H]1CCS(=O)(=O)C1. The summed E-state index contributed by atoms with van der Waals surface area (Å²) >= 11 is 0. The molecule has 0 spiro atoms. The molecule has 1 aliphatic heterocycles. The van der Waals surface area contributed by atoms with Gasteiger partial charge in [0.2, 0.25) is 5.91 Å². The number of para-hydroxylation sites is 1. The van der Waals surface area contributed by atoms with Crippen molar-refractivity contribution in [1.29, 1.82) is 0 Å². The number of carbonyl (C=O) groups is 1. The summed E-state index contributed by atoms with van der Waals surface area (Å²) in [6.07, 6.45) is 0.422. The Morgan fingerprint density at radius 3 is 2.78 bits per heavy atom. The van der Waals surface area contributed by atoms with Crippen LogP contribution in [0.1, 0.15) is 12.0 Å². The summed E-state index contributed by atoms with van der Waals surface area (Å²) in [5.74, 6) is -0.123. The third kappa shape index (κ3) is 3.29. The minimum absolute atomic E-state index is 0.00329. The van der Waals surface area contributed by atoms with E-state index in [1.807, 2.05) is 18.2 Å². The molecular formula is C16H18N2O4S. The van der Waals surface area contributed by atoms with Crippen molar-refractivity contribution in [3.05, 3.63) is 46.2 Å². The number of H-pyrrole nitrogens is 1. The van der Waals surface area contributed by atoms with Crippen LogP contribution in [0.4, 0.5) is 0 Å². The number of nitrogens with one attached hydrogen (secondary N) is 1. The van der Waals surface area contributed by atoms with Gasteiger partial charge in [-0.3, -0.25) is 9.59 Å². The average Bonchev–Trinajstić information content (AvgIpc) is 2.87. The Morgan fingerprint density at radius 2 is 2.09 bits per heavy atom. The molecule has 1 amide bonds. The van der Waals surface area contributed by atoms with E-state index >= 15 is 0 Å². The summed E-state index contributed by atoms with van der Waals surface area (Å²) in [4.78, 5) is 28.7.